The van der Waals surface area contributed by atoms with Crippen LogP contribution < -0.4 is 5.32 Å². The Morgan fingerprint density at radius 3 is 2.21 bits per heavy atom. The molecular formula is C17H17BrN2O4. The first-order valence-electron chi connectivity index (χ1n) is 6.93. The highest BCUT2D eigenvalue weighted by Crippen LogP contribution is 2.23. The molecule has 0 amide bonds. The summed E-state index contributed by atoms with van der Waals surface area (Å²) in [5.74, 6) is -3.65. The standard InChI is InChI=1S/C15H15BrN2.C2H2O4/c1-17-10-8-15(13-3-2-9-18-11-13)12-4-6-14(16)7-5-12;3-1(4)2(5)6/h2-9,11,17H,10H2,1H3;(H,3,4)(H,5,6)/b15-8+;. The first-order chi connectivity index (χ1) is 11.5. The topological polar surface area (TPSA) is 99.5 Å². The first-order valence-corrected chi connectivity index (χ1v) is 7.72. The Labute approximate surface area is 148 Å². The Morgan fingerprint density at radius 1 is 1.12 bits per heavy atom. The zero-order valence-corrected chi connectivity index (χ0v) is 14.5. The lowest BCUT2D eigenvalue weighted by Crippen LogP contribution is -2.09. The largest absolute Gasteiger partial charge is 0.473 e. The molecule has 7 heteroatoms. The lowest BCUT2D eigenvalue weighted by Gasteiger charge is -2.08. The Kier molecular flexibility index (Phi) is 8.38. The van der Waals surface area contributed by atoms with Crippen molar-refractivity contribution in [1.82, 2.24) is 10.3 Å². The number of pyridine rings is 1. The van der Waals surface area contributed by atoms with E-state index >= 15 is 0 Å². The fourth-order valence-electron chi connectivity index (χ4n) is 1.76. The number of halogens is 1. The van der Waals surface area contributed by atoms with Crippen LogP contribution in [0.25, 0.3) is 5.57 Å². The summed E-state index contributed by atoms with van der Waals surface area (Å²) in [5, 5.41) is 17.9. The van der Waals surface area contributed by atoms with E-state index in [1.54, 1.807) is 6.20 Å². The van der Waals surface area contributed by atoms with Gasteiger partial charge in [-0.25, -0.2) is 9.59 Å². The summed E-state index contributed by atoms with van der Waals surface area (Å²) in [5.41, 5.74) is 3.53. The summed E-state index contributed by atoms with van der Waals surface area (Å²) in [6.45, 7) is 0.834. The van der Waals surface area contributed by atoms with Gasteiger partial charge >= 0.3 is 11.9 Å². The maximum absolute atomic E-state index is 9.10. The predicted octanol–water partition coefficient (Wildman–Crippen LogP) is 2.65. The van der Waals surface area contributed by atoms with Crippen LogP contribution in [-0.2, 0) is 9.59 Å². The third-order valence-electron chi connectivity index (χ3n) is 2.82. The number of carbonyl (C=O) groups is 2. The summed E-state index contributed by atoms with van der Waals surface area (Å²) >= 11 is 3.46. The summed E-state index contributed by atoms with van der Waals surface area (Å²) < 4.78 is 1.09. The molecule has 0 radical (unpaired) electrons. The van der Waals surface area contributed by atoms with Gasteiger partial charge in [-0.2, -0.15) is 0 Å². The number of aromatic nitrogens is 1. The van der Waals surface area contributed by atoms with E-state index in [4.69, 9.17) is 19.8 Å². The van der Waals surface area contributed by atoms with Crippen molar-refractivity contribution in [1.29, 1.82) is 0 Å². The molecule has 0 atom stereocenters. The molecule has 0 saturated carbocycles. The number of benzene rings is 1. The molecule has 0 unspecified atom stereocenters. The van der Waals surface area contributed by atoms with Crippen LogP contribution in [0.4, 0.5) is 0 Å². The summed E-state index contributed by atoms with van der Waals surface area (Å²) in [6, 6.07) is 12.4. The minimum atomic E-state index is -1.82. The van der Waals surface area contributed by atoms with E-state index in [-0.39, 0.29) is 0 Å². The van der Waals surface area contributed by atoms with Gasteiger partial charge in [-0.1, -0.05) is 40.2 Å². The van der Waals surface area contributed by atoms with Crippen molar-refractivity contribution in [3.8, 4) is 0 Å². The minimum absolute atomic E-state index is 0.834. The Hall–Kier alpha value is -2.51. The monoisotopic (exact) mass is 392 g/mol. The first kappa shape index (κ1) is 19.5. The Morgan fingerprint density at radius 2 is 1.75 bits per heavy atom. The van der Waals surface area contributed by atoms with Crippen LogP contribution in [-0.4, -0.2) is 40.7 Å². The van der Waals surface area contributed by atoms with Crippen LogP contribution in [0.5, 0.6) is 0 Å². The number of carboxylic acid groups (broad SMARTS) is 2. The van der Waals surface area contributed by atoms with Gasteiger partial charge < -0.3 is 15.5 Å². The number of hydrogen-bond acceptors (Lipinski definition) is 4. The highest BCUT2D eigenvalue weighted by atomic mass is 79.9. The van der Waals surface area contributed by atoms with Crippen LogP contribution in [0.15, 0.2) is 59.3 Å². The lowest BCUT2D eigenvalue weighted by molar-refractivity contribution is -0.159. The number of nitrogens with one attached hydrogen (secondary N) is 1. The van der Waals surface area contributed by atoms with E-state index in [1.807, 2.05) is 19.3 Å². The Balaban J connectivity index is 0.000000413. The summed E-state index contributed by atoms with van der Waals surface area (Å²) in [4.78, 5) is 22.4. The van der Waals surface area contributed by atoms with Crippen LogP contribution >= 0.6 is 15.9 Å². The number of aliphatic carboxylic acids is 2. The van der Waals surface area contributed by atoms with Crippen LogP contribution in [0, 0.1) is 0 Å². The molecule has 0 aliphatic heterocycles. The van der Waals surface area contributed by atoms with Crippen LogP contribution in [0.3, 0.4) is 0 Å². The SMILES string of the molecule is CNC/C=C(\c1ccc(Br)cc1)c1cccnc1.O=C(O)C(=O)O. The van der Waals surface area contributed by atoms with Gasteiger partial charge in [0.25, 0.3) is 0 Å². The highest BCUT2D eigenvalue weighted by molar-refractivity contribution is 9.10. The summed E-state index contributed by atoms with van der Waals surface area (Å²) in [7, 11) is 1.94. The van der Waals surface area contributed by atoms with Gasteiger partial charge in [0.15, 0.2) is 0 Å². The van der Waals surface area contributed by atoms with E-state index < -0.39 is 11.9 Å². The Bertz CT molecular complexity index is 688. The molecule has 6 nitrogen and oxygen atoms in total. The molecule has 1 aromatic carbocycles. The van der Waals surface area contributed by atoms with E-state index in [1.165, 1.54) is 11.1 Å². The van der Waals surface area contributed by atoms with Crippen molar-refractivity contribution in [2.45, 2.75) is 0 Å². The molecule has 0 fully saturated rings. The third-order valence-corrected chi connectivity index (χ3v) is 3.35. The number of hydrogen-bond donors (Lipinski definition) is 3. The second-order valence-corrected chi connectivity index (χ2v) is 5.45. The molecule has 0 saturated heterocycles. The molecular weight excluding hydrogens is 376 g/mol. The predicted molar refractivity (Wildman–Crippen MR) is 94.7 cm³/mol. The molecule has 2 aromatic rings. The van der Waals surface area contributed by atoms with Gasteiger partial charge in [-0.3, -0.25) is 4.98 Å². The van der Waals surface area contributed by atoms with Gasteiger partial charge in [0, 0.05) is 29.0 Å². The van der Waals surface area contributed by atoms with E-state index in [0.717, 1.165) is 16.6 Å². The molecule has 1 heterocycles. The van der Waals surface area contributed by atoms with Gasteiger partial charge in [0.2, 0.25) is 0 Å². The van der Waals surface area contributed by atoms with Crippen molar-refractivity contribution in [2.75, 3.05) is 13.6 Å². The fourth-order valence-corrected chi connectivity index (χ4v) is 2.02. The van der Waals surface area contributed by atoms with Gasteiger partial charge in [-0.15, -0.1) is 0 Å². The van der Waals surface area contributed by atoms with E-state index in [2.05, 4.69) is 62.6 Å². The van der Waals surface area contributed by atoms with Crippen molar-refractivity contribution in [3.05, 3.63) is 70.5 Å². The molecule has 0 aliphatic carbocycles. The molecule has 1 aromatic heterocycles. The average Bonchev–Trinajstić information content (AvgIpc) is 2.58. The van der Waals surface area contributed by atoms with Crippen molar-refractivity contribution < 1.29 is 19.8 Å². The zero-order chi connectivity index (χ0) is 17.9. The van der Waals surface area contributed by atoms with E-state index in [0.29, 0.717) is 0 Å². The number of likely N-dealkylation sites (N-methyl/N-ethyl adjacent to an activating group) is 1. The van der Waals surface area contributed by atoms with Gasteiger partial charge in [-0.05, 0) is 36.4 Å². The van der Waals surface area contributed by atoms with Gasteiger partial charge in [0.05, 0.1) is 0 Å². The normalized spacial score (nSPS) is 10.5. The minimum Gasteiger partial charge on any atom is -0.473 e. The molecule has 2 rings (SSSR count). The van der Waals surface area contributed by atoms with Crippen molar-refractivity contribution in [2.24, 2.45) is 0 Å². The number of nitrogens with zero attached hydrogens (tertiary/aromatic N) is 1. The maximum atomic E-state index is 9.10. The molecule has 0 bridgehead atoms. The second kappa shape index (κ2) is 10.3. The smallest absolute Gasteiger partial charge is 0.414 e. The quantitative estimate of drug-likeness (QED) is 0.691. The maximum Gasteiger partial charge on any atom is 0.414 e. The molecule has 0 aliphatic rings. The molecule has 126 valence electrons. The summed E-state index contributed by atoms with van der Waals surface area (Å²) in [6.07, 6.45) is 5.87. The van der Waals surface area contributed by atoms with Crippen LogP contribution in [0.2, 0.25) is 0 Å². The fraction of sp³-hybridized carbons (Fsp3) is 0.118. The van der Waals surface area contributed by atoms with Crippen molar-refractivity contribution in [3.63, 3.8) is 0 Å². The van der Waals surface area contributed by atoms with Crippen LogP contribution in [0.1, 0.15) is 11.1 Å². The van der Waals surface area contributed by atoms with E-state index in [9.17, 15) is 0 Å². The molecule has 24 heavy (non-hydrogen) atoms. The second-order valence-electron chi connectivity index (χ2n) is 4.53. The average molecular weight is 393 g/mol. The highest BCUT2D eigenvalue weighted by Gasteiger charge is 2.05. The third kappa shape index (κ3) is 6.72. The number of rotatable bonds is 4. The molecule has 3 N–H and O–H groups in total. The zero-order valence-electron chi connectivity index (χ0n) is 12.9. The lowest BCUT2D eigenvalue weighted by atomic mass is 9.99. The molecule has 0 spiro atoms. The van der Waals surface area contributed by atoms with Gasteiger partial charge in [0.1, 0.15) is 0 Å². The number of carboxylic acids is 2. The van der Waals surface area contributed by atoms with Crippen molar-refractivity contribution >= 4 is 33.4 Å².